The van der Waals surface area contributed by atoms with Crippen LogP contribution in [0.2, 0.25) is 0 Å². The van der Waals surface area contributed by atoms with Gasteiger partial charge in [-0.3, -0.25) is 14.5 Å². The van der Waals surface area contributed by atoms with Crippen LogP contribution in [-0.2, 0) is 9.53 Å². The van der Waals surface area contributed by atoms with Crippen LogP contribution in [0.1, 0.15) is 50.9 Å². The summed E-state index contributed by atoms with van der Waals surface area (Å²) in [6, 6.07) is 5.45. The molecular weight excluding hydrogens is 382 g/mol. The van der Waals surface area contributed by atoms with Crippen LogP contribution in [0.25, 0.3) is 0 Å². The molecule has 168 valence electrons. The van der Waals surface area contributed by atoms with E-state index in [0.717, 1.165) is 19.5 Å². The lowest BCUT2D eigenvalue weighted by atomic mass is 10.0. The molecule has 1 heterocycles. The summed E-state index contributed by atoms with van der Waals surface area (Å²) in [6.07, 6.45) is 1.36. The summed E-state index contributed by atoms with van der Waals surface area (Å²) in [7, 11) is 3.48. The molecule has 0 saturated heterocycles. The fourth-order valence-corrected chi connectivity index (χ4v) is 3.78. The Labute approximate surface area is 180 Å². The molecule has 0 saturated carbocycles. The van der Waals surface area contributed by atoms with Crippen molar-refractivity contribution in [1.29, 1.82) is 0 Å². The minimum absolute atomic E-state index is 0.0720. The van der Waals surface area contributed by atoms with Gasteiger partial charge in [-0.05, 0) is 44.0 Å². The van der Waals surface area contributed by atoms with E-state index in [4.69, 9.17) is 9.47 Å². The highest BCUT2D eigenvalue weighted by Gasteiger charge is 2.28. The van der Waals surface area contributed by atoms with Gasteiger partial charge in [0.25, 0.3) is 5.91 Å². The number of hydrogen-bond donors (Lipinski definition) is 1. The number of hydrogen-bond acceptors (Lipinski definition) is 5. The molecule has 7 heteroatoms. The van der Waals surface area contributed by atoms with Crippen LogP contribution in [0.15, 0.2) is 18.2 Å². The zero-order valence-electron chi connectivity index (χ0n) is 19.2. The average Bonchev–Trinajstić information content (AvgIpc) is 2.74. The fraction of sp³-hybridized carbons (Fsp3) is 0.652. The third-order valence-electron chi connectivity index (χ3n) is 5.69. The Kier molecular flexibility index (Phi) is 9.11. The largest absolute Gasteiger partial charge is 0.491 e. The standard InChI is InChI=1S/C23H37N3O4/c1-7-11-26-13-16(3)21(29-6)14-25(5)23(28)19-12-18(24-22(27)8-2)9-10-20(19)30-15-17(26)4/h9-10,12,16-17,21H,7-8,11,13-15H2,1-6H3,(H,24,27)/t16-,17+,21+/m1/s1. The van der Waals surface area contributed by atoms with Crippen LogP contribution in [0.3, 0.4) is 0 Å². The van der Waals surface area contributed by atoms with Gasteiger partial charge < -0.3 is 19.7 Å². The van der Waals surface area contributed by atoms with Gasteiger partial charge in [0.05, 0.1) is 11.7 Å². The average molecular weight is 420 g/mol. The SMILES string of the molecule is CCCN1C[C@@H](C)[C@@H](OC)CN(C)C(=O)c2cc(NC(=O)CC)ccc2OC[C@@H]1C. The van der Waals surface area contributed by atoms with E-state index >= 15 is 0 Å². The lowest BCUT2D eigenvalue weighted by Gasteiger charge is -2.35. The predicted octanol–water partition coefficient (Wildman–Crippen LogP) is 3.25. The van der Waals surface area contributed by atoms with Gasteiger partial charge in [0, 0.05) is 45.4 Å². The summed E-state index contributed by atoms with van der Waals surface area (Å²) in [5.74, 6) is 0.549. The molecule has 30 heavy (non-hydrogen) atoms. The minimum Gasteiger partial charge on any atom is -0.491 e. The number of nitrogens with one attached hydrogen (secondary N) is 1. The Bertz CT molecular complexity index is 724. The van der Waals surface area contributed by atoms with Crippen LogP contribution < -0.4 is 10.1 Å². The number of carbonyl (C=O) groups is 2. The molecule has 1 aromatic rings. The molecule has 1 aromatic carbocycles. The van der Waals surface area contributed by atoms with Gasteiger partial charge in [-0.1, -0.05) is 20.8 Å². The van der Waals surface area contributed by atoms with Gasteiger partial charge in [0.2, 0.25) is 5.91 Å². The zero-order chi connectivity index (χ0) is 22.3. The van der Waals surface area contributed by atoms with E-state index < -0.39 is 0 Å². The van der Waals surface area contributed by atoms with Crippen molar-refractivity contribution < 1.29 is 19.1 Å². The normalized spacial score (nSPS) is 23.7. The third kappa shape index (κ3) is 6.19. The van der Waals surface area contributed by atoms with Crippen LogP contribution in [0, 0.1) is 5.92 Å². The van der Waals surface area contributed by atoms with E-state index in [0.29, 0.717) is 36.6 Å². The molecule has 0 aliphatic carbocycles. The number of nitrogens with zero attached hydrogens (tertiary/aromatic N) is 2. The van der Waals surface area contributed by atoms with E-state index in [1.807, 2.05) is 0 Å². The number of benzene rings is 1. The van der Waals surface area contributed by atoms with Crippen molar-refractivity contribution in [2.75, 3.05) is 45.7 Å². The number of ether oxygens (including phenoxy) is 2. The molecule has 0 fully saturated rings. The molecule has 0 spiro atoms. The smallest absolute Gasteiger partial charge is 0.257 e. The quantitative estimate of drug-likeness (QED) is 0.793. The summed E-state index contributed by atoms with van der Waals surface area (Å²) in [6.45, 7) is 11.1. The topological polar surface area (TPSA) is 71.1 Å². The molecule has 0 aromatic heterocycles. The number of anilines is 1. The first-order valence-corrected chi connectivity index (χ1v) is 10.9. The van der Waals surface area contributed by atoms with Crippen LogP contribution in [-0.4, -0.2) is 74.2 Å². The highest BCUT2D eigenvalue weighted by atomic mass is 16.5. The predicted molar refractivity (Wildman–Crippen MR) is 119 cm³/mol. The van der Waals surface area contributed by atoms with E-state index in [-0.39, 0.29) is 29.9 Å². The maximum atomic E-state index is 13.2. The molecule has 2 rings (SSSR count). The highest BCUT2D eigenvalue weighted by Crippen LogP contribution is 2.26. The lowest BCUT2D eigenvalue weighted by molar-refractivity contribution is -0.115. The summed E-state index contributed by atoms with van der Waals surface area (Å²) >= 11 is 0. The van der Waals surface area contributed by atoms with Crippen LogP contribution in [0.4, 0.5) is 5.69 Å². The first-order chi connectivity index (χ1) is 14.3. The van der Waals surface area contributed by atoms with Crippen molar-refractivity contribution in [1.82, 2.24) is 9.80 Å². The first-order valence-electron chi connectivity index (χ1n) is 10.9. The lowest BCUT2D eigenvalue weighted by Crippen LogP contribution is -2.46. The highest BCUT2D eigenvalue weighted by molar-refractivity contribution is 5.99. The molecule has 3 atom stereocenters. The van der Waals surface area contributed by atoms with Gasteiger partial charge in [-0.15, -0.1) is 0 Å². The van der Waals surface area contributed by atoms with Crippen LogP contribution >= 0.6 is 0 Å². The summed E-state index contributed by atoms with van der Waals surface area (Å²) in [5.41, 5.74) is 1.04. The van der Waals surface area contributed by atoms with Gasteiger partial charge in [0.15, 0.2) is 0 Å². The number of amides is 2. The number of fused-ring (bicyclic) bond motifs is 1. The number of methoxy groups -OCH3 is 1. The molecule has 0 unspecified atom stereocenters. The summed E-state index contributed by atoms with van der Waals surface area (Å²) < 4.78 is 11.9. The molecule has 1 aliphatic rings. The second-order valence-electron chi connectivity index (χ2n) is 8.20. The Morgan fingerprint density at radius 3 is 2.63 bits per heavy atom. The van der Waals surface area contributed by atoms with Crippen LogP contribution in [0.5, 0.6) is 5.75 Å². The van der Waals surface area contributed by atoms with E-state index in [1.165, 1.54) is 0 Å². The number of rotatable bonds is 5. The summed E-state index contributed by atoms with van der Waals surface area (Å²) in [4.78, 5) is 29.1. The molecular formula is C23H37N3O4. The Balaban J connectivity index is 2.40. The minimum atomic E-state index is -0.148. The molecule has 1 aliphatic heterocycles. The van der Waals surface area contributed by atoms with Crippen molar-refractivity contribution in [3.63, 3.8) is 0 Å². The monoisotopic (exact) mass is 419 g/mol. The molecule has 2 amide bonds. The van der Waals surface area contributed by atoms with Crippen molar-refractivity contribution in [3.8, 4) is 5.75 Å². The molecule has 0 radical (unpaired) electrons. The van der Waals surface area contributed by atoms with E-state index in [1.54, 1.807) is 44.2 Å². The van der Waals surface area contributed by atoms with Crippen molar-refractivity contribution >= 4 is 17.5 Å². The van der Waals surface area contributed by atoms with Gasteiger partial charge in [-0.2, -0.15) is 0 Å². The van der Waals surface area contributed by atoms with Gasteiger partial charge in [0.1, 0.15) is 12.4 Å². The number of carbonyl (C=O) groups excluding carboxylic acids is 2. The van der Waals surface area contributed by atoms with Gasteiger partial charge in [-0.25, -0.2) is 0 Å². The second kappa shape index (κ2) is 11.3. The third-order valence-corrected chi connectivity index (χ3v) is 5.69. The van der Waals surface area contributed by atoms with E-state index in [2.05, 4.69) is 31.0 Å². The molecule has 0 bridgehead atoms. The van der Waals surface area contributed by atoms with Crippen molar-refractivity contribution in [3.05, 3.63) is 23.8 Å². The maximum Gasteiger partial charge on any atom is 0.257 e. The maximum absolute atomic E-state index is 13.2. The van der Waals surface area contributed by atoms with Crippen molar-refractivity contribution in [2.24, 2.45) is 5.92 Å². The van der Waals surface area contributed by atoms with Crippen molar-refractivity contribution in [2.45, 2.75) is 52.7 Å². The molecule has 1 N–H and O–H groups in total. The fourth-order valence-electron chi connectivity index (χ4n) is 3.78. The molecule has 7 nitrogen and oxygen atoms in total. The first kappa shape index (κ1) is 24.2. The number of likely N-dealkylation sites (N-methyl/N-ethyl adjacent to an activating group) is 1. The zero-order valence-corrected chi connectivity index (χ0v) is 19.2. The van der Waals surface area contributed by atoms with E-state index in [9.17, 15) is 9.59 Å². The summed E-state index contributed by atoms with van der Waals surface area (Å²) in [5, 5.41) is 2.82. The Hall–Kier alpha value is -2.12. The second-order valence-corrected chi connectivity index (χ2v) is 8.20. The Morgan fingerprint density at radius 2 is 2.00 bits per heavy atom. The van der Waals surface area contributed by atoms with Gasteiger partial charge >= 0.3 is 0 Å². The Morgan fingerprint density at radius 1 is 1.27 bits per heavy atom.